The molecule has 0 amide bonds. The SMILES string of the molecule is c1ccc(-c2nc(-c3ccc(-c4ccc(-n5c6ccccc6c6cc(-c7ccc8c(c7)c7ccccc7n8-c7ccccc7)ccc65)cc4)cc3)nc3ccccc23)cc1. The average Bonchev–Trinajstić information content (AvgIpc) is 3.84. The van der Waals surface area contributed by atoms with Crippen LogP contribution in [-0.4, -0.2) is 19.1 Å². The van der Waals surface area contributed by atoms with Crippen LogP contribution in [0.1, 0.15) is 0 Å². The minimum atomic E-state index is 0.722. The van der Waals surface area contributed by atoms with E-state index >= 15 is 0 Å². The van der Waals surface area contributed by atoms with Crippen molar-refractivity contribution in [3.8, 4) is 56.3 Å². The molecule has 0 aliphatic carbocycles. The summed E-state index contributed by atoms with van der Waals surface area (Å²) < 4.78 is 4.76. The van der Waals surface area contributed by atoms with E-state index in [0.717, 1.165) is 50.4 Å². The summed E-state index contributed by atoms with van der Waals surface area (Å²) in [6.45, 7) is 0. The molecule has 0 saturated carbocycles. The molecular weight excluding hydrogens is 729 g/mol. The lowest BCUT2D eigenvalue weighted by molar-refractivity contribution is 1.18. The van der Waals surface area contributed by atoms with Gasteiger partial charge < -0.3 is 9.13 Å². The van der Waals surface area contributed by atoms with E-state index in [1.807, 2.05) is 18.2 Å². The molecule has 0 aliphatic heterocycles. The standard InChI is InChI=1S/C56H36N4/c1-3-13-39(14-4-1)55-47-19-7-10-20-50(47)57-56(58-55)40-25-23-37(24-26-40)38-27-31-44(32-28-38)60-52-22-12-9-18-46(52)49-36-42(30-34-54(49)60)41-29-33-53-48(35-41)45-17-8-11-21-51(45)59(53)43-15-5-2-6-16-43/h1-36H. The highest BCUT2D eigenvalue weighted by atomic mass is 15.0. The summed E-state index contributed by atoms with van der Waals surface area (Å²) in [7, 11) is 0. The van der Waals surface area contributed by atoms with Crippen molar-refractivity contribution in [3.63, 3.8) is 0 Å². The van der Waals surface area contributed by atoms with Gasteiger partial charge in [0.2, 0.25) is 0 Å². The van der Waals surface area contributed by atoms with Gasteiger partial charge in [0.15, 0.2) is 5.82 Å². The number of hydrogen-bond acceptors (Lipinski definition) is 2. The van der Waals surface area contributed by atoms with E-state index in [1.54, 1.807) is 0 Å². The number of aromatic nitrogens is 4. The predicted octanol–water partition coefficient (Wildman–Crippen LogP) is 14.5. The van der Waals surface area contributed by atoms with Crippen molar-refractivity contribution in [2.75, 3.05) is 0 Å². The summed E-state index contributed by atoms with van der Waals surface area (Å²) >= 11 is 0. The Kier molecular flexibility index (Phi) is 7.82. The number of para-hydroxylation sites is 4. The smallest absolute Gasteiger partial charge is 0.160 e. The van der Waals surface area contributed by atoms with Crippen LogP contribution in [-0.2, 0) is 0 Å². The van der Waals surface area contributed by atoms with Gasteiger partial charge >= 0.3 is 0 Å². The van der Waals surface area contributed by atoms with Gasteiger partial charge in [-0.05, 0) is 89.0 Å². The van der Waals surface area contributed by atoms with Crippen molar-refractivity contribution in [2.45, 2.75) is 0 Å². The zero-order valence-corrected chi connectivity index (χ0v) is 32.6. The number of hydrogen-bond donors (Lipinski definition) is 0. The molecule has 9 aromatic carbocycles. The molecule has 3 heterocycles. The predicted molar refractivity (Wildman–Crippen MR) is 250 cm³/mol. The second kappa shape index (κ2) is 13.8. The fraction of sp³-hybridized carbons (Fsp3) is 0. The van der Waals surface area contributed by atoms with Gasteiger partial charge in [0, 0.05) is 49.4 Å². The largest absolute Gasteiger partial charge is 0.309 e. The lowest BCUT2D eigenvalue weighted by atomic mass is 10.0. The van der Waals surface area contributed by atoms with Gasteiger partial charge in [-0.1, -0.05) is 152 Å². The first-order chi connectivity index (χ1) is 29.7. The van der Waals surface area contributed by atoms with Crippen molar-refractivity contribution >= 4 is 54.5 Å². The van der Waals surface area contributed by atoms with Gasteiger partial charge in [0.1, 0.15) is 0 Å². The quantitative estimate of drug-likeness (QED) is 0.169. The van der Waals surface area contributed by atoms with E-state index in [2.05, 4.69) is 209 Å². The molecule has 0 fully saturated rings. The van der Waals surface area contributed by atoms with Gasteiger partial charge in [0.05, 0.1) is 33.3 Å². The fourth-order valence-corrected chi connectivity index (χ4v) is 9.07. The van der Waals surface area contributed by atoms with E-state index in [0.29, 0.717) is 0 Å². The molecule has 0 aliphatic rings. The second-order valence-electron chi connectivity index (χ2n) is 15.4. The lowest BCUT2D eigenvalue weighted by Crippen LogP contribution is -1.95. The first-order valence-electron chi connectivity index (χ1n) is 20.4. The number of benzene rings is 9. The third kappa shape index (κ3) is 5.53. The van der Waals surface area contributed by atoms with Gasteiger partial charge in [0.25, 0.3) is 0 Å². The molecule has 0 atom stereocenters. The van der Waals surface area contributed by atoms with Crippen molar-refractivity contribution in [1.82, 2.24) is 19.1 Å². The Morgan fingerprint density at radius 1 is 0.267 bits per heavy atom. The second-order valence-corrected chi connectivity index (χ2v) is 15.4. The third-order valence-corrected chi connectivity index (χ3v) is 11.9. The molecule has 12 aromatic rings. The summed E-state index contributed by atoms with van der Waals surface area (Å²) in [4.78, 5) is 10.0. The third-order valence-electron chi connectivity index (χ3n) is 11.9. The highest BCUT2D eigenvalue weighted by Gasteiger charge is 2.17. The number of rotatable bonds is 6. The van der Waals surface area contributed by atoms with Gasteiger partial charge in [-0.25, -0.2) is 9.97 Å². The maximum atomic E-state index is 5.08. The van der Waals surface area contributed by atoms with Crippen LogP contribution in [0.5, 0.6) is 0 Å². The first kappa shape index (κ1) is 34.0. The Labute approximate surface area is 346 Å². The molecular formula is C56H36N4. The molecule has 4 heteroatoms. The number of fused-ring (bicyclic) bond motifs is 7. The van der Waals surface area contributed by atoms with Crippen molar-refractivity contribution in [1.29, 1.82) is 0 Å². The van der Waals surface area contributed by atoms with Crippen molar-refractivity contribution in [3.05, 3.63) is 218 Å². The van der Waals surface area contributed by atoms with Gasteiger partial charge in [-0.3, -0.25) is 0 Å². The van der Waals surface area contributed by atoms with Crippen LogP contribution >= 0.6 is 0 Å². The van der Waals surface area contributed by atoms with Gasteiger partial charge in [-0.2, -0.15) is 0 Å². The van der Waals surface area contributed by atoms with Crippen LogP contribution in [0.2, 0.25) is 0 Å². The Bertz CT molecular complexity index is 3560. The van der Waals surface area contributed by atoms with E-state index in [1.165, 1.54) is 60.4 Å². The normalized spacial score (nSPS) is 11.7. The summed E-state index contributed by atoms with van der Waals surface area (Å²) in [5.74, 6) is 0.722. The minimum Gasteiger partial charge on any atom is -0.309 e. The topological polar surface area (TPSA) is 35.6 Å². The molecule has 12 rings (SSSR count). The Hall–Kier alpha value is -8.08. The van der Waals surface area contributed by atoms with Crippen molar-refractivity contribution in [2.24, 2.45) is 0 Å². The summed E-state index contributed by atoms with van der Waals surface area (Å²) in [6, 6.07) is 78.0. The zero-order valence-electron chi connectivity index (χ0n) is 32.6. The monoisotopic (exact) mass is 764 g/mol. The molecule has 60 heavy (non-hydrogen) atoms. The maximum Gasteiger partial charge on any atom is 0.160 e. The zero-order chi connectivity index (χ0) is 39.6. The molecule has 0 bridgehead atoms. The first-order valence-corrected chi connectivity index (χ1v) is 20.4. The van der Waals surface area contributed by atoms with Crippen molar-refractivity contribution < 1.29 is 0 Å². The molecule has 280 valence electrons. The highest BCUT2D eigenvalue weighted by Crippen LogP contribution is 2.39. The van der Waals surface area contributed by atoms with E-state index in [-0.39, 0.29) is 0 Å². The minimum absolute atomic E-state index is 0.722. The Morgan fingerprint density at radius 3 is 1.30 bits per heavy atom. The molecule has 0 saturated heterocycles. The Balaban J connectivity index is 0.890. The maximum absolute atomic E-state index is 5.08. The van der Waals surface area contributed by atoms with E-state index < -0.39 is 0 Å². The van der Waals surface area contributed by atoms with Crippen LogP contribution in [0.15, 0.2) is 218 Å². The summed E-state index contributed by atoms with van der Waals surface area (Å²) in [5.41, 5.74) is 15.7. The molecule has 4 nitrogen and oxygen atoms in total. The van der Waals surface area contributed by atoms with Crippen LogP contribution < -0.4 is 0 Å². The summed E-state index contributed by atoms with van der Waals surface area (Å²) in [5, 5.41) is 6.03. The molecule has 3 aromatic heterocycles. The molecule has 0 spiro atoms. The highest BCUT2D eigenvalue weighted by molar-refractivity contribution is 6.12. The van der Waals surface area contributed by atoms with Crippen LogP contribution in [0.4, 0.5) is 0 Å². The van der Waals surface area contributed by atoms with Crippen LogP contribution in [0, 0.1) is 0 Å². The summed E-state index contributed by atoms with van der Waals surface area (Å²) in [6.07, 6.45) is 0. The fourth-order valence-electron chi connectivity index (χ4n) is 9.07. The molecule has 0 radical (unpaired) electrons. The number of nitrogens with zero attached hydrogens (tertiary/aromatic N) is 4. The van der Waals surface area contributed by atoms with Gasteiger partial charge in [-0.15, -0.1) is 0 Å². The lowest BCUT2D eigenvalue weighted by Gasteiger charge is -2.11. The van der Waals surface area contributed by atoms with Crippen LogP contribution in [0.25, 0.3) is 111 Å². The Morgan fingerprint density at radius 2 is 0.700 bits per heavy atom. The van der Waals surface area contributed by atoms with Crippen LogP contribution in [0.3, 0.4) is 0 Å². The molecule has 0 unspecified atom stereocenters. The average molecular weight is 765 g/mol. The van der Waals surface area contributed by atoms with E-state index in [9.17, 15) is 0 Å². The molecule has 0 N–H and O–H groups in total. The van der Waals surface area contributed by atoms with E-state index in [4.69, 9.17) is 9.97 Å².